The summed E-state index contributed by atoms with van der Waals surface area (Å²) in [4.78, 5) is 11.4. The van der Waals surface area contributed by atoms with Crippen LogP contribution in [0.3, 0.4) is 0 Å². The summed E-state index contributed by atoms with van der Waals surface area (Å²) in [6, 6.07) is -0.763. The van der Waals surface area contributed by atoms with E-state index in [1.54, 1.807) is 0 Å². The van der Waals surface area contributed by atoms with E-state index in [9.17, 15) is 9.18 Å². The first-order valence-electron chi connectivity index (χ1n) is 3.69. The molecule has 0 N–H and O–H groups in total. The van der Waals surface area contributed by atoms with Gasteiger partial charge in [0, 0.05) is 0 Å². The van der Waals surface area contributed by atoms with Crippen molar-refractivity contribution in [1.29, 1.82) is 0 Å². The van der Waals surface area contributed by atoms with E-state index in [2.05, 4.69) is 20.6 Å². The highest BCUT2D eigenvalue weighted by molar-refractivity contribution is 5.77. The van der Waals surface area contributed by atoms with Crippen LogP contribution in [0.5, 0.6) is 0 Å². The van der Waals surface area contributed by atoms with Gasteiger partial charge in [-0.25, -0.2) is 4.79 Å². The van der Waals surface area contributed by atoms with E-state index >= 15 is 0 Å². The van der Waals surface area contributed by atoms with E-state index in [-0.39, 0.29) is 5.69 Å². The minimum Gasteiger partial charge on any atom is -0.243 e. The summed E-state index contributed by atoms with van der Waals surface area (Å²) in [6.07, 6.45) is 2.60. The molecule has 0 aliphatic carbocycles. The second kappa shape index (κ2) is 2.98. The Morgan fingerprint density at radius 3 is 2.79 bits per heavy atom. The van der Waals surface area contributed by atoms with Crippen LogP contribution in [0.2, 0.25) is 0 Å². The first kappa shape index (κ1) is 8.48. The van der Waals surface area contributed by atoms with Crippen LogP contribution in [0.1, 0.15) is 5.69 Å². The maximum absolute atomic E-state index is 13.2. The van der Waals surface area contributed by atoms with Crippen LogP contribution in [-0.4, -0.2) is 36.0 Å². The molecule has 2 rings (SSSR count). The van der Waals surface area contributed by atoms with Crippen LogP contribution < -0.4 is 0 Å². The molecule has 0 aliphatic rings. The zero-order chi connectivity index (χ0) is 10.1. The van der Waals surface area contributed by atoms with E-state index in [4.69, 9.17) is 0 Å². The van der Waals surface area contributed by atoms with Gasteiger partial charge >= 0.3 is 6.03 Å². The first-order valence-corrected chi connectivity index (χ1v) is 3.69. The highest BCUT2D eigenvalue weighted by atomic mass is 19.1. The van der Waals surface area contributed by atoms with Gasteiger partial charge in [-0.3, -0.25) is 0 Å². The van der Waals surface area contributed by atoms with Crippen LogP contribution in [0, 0.1) is 12.9 Å². The Morgan fingerprint density at radius 2 is 2.29 bits per heavy atom. The van der Waals surface area contributed by atoms with Crippen molar-refractivity contribution < 1.29 is 9.18 Å². The van der Waals surface area contributed by atoms with Gasteiger partial charge in [-0.2, -0.15) is 9.07 Å². The summed E-state index contributed by atoms with van der Waals surface area (Å²) in [5, 5.41) is 13.5. The molecule has 0 atom stereocenters. The van der Waals surface area contributed by atoms with Gasteiger partial charge in [0.15, 0.2) is 0 Å². The van der Waals surface area contributed by atoms with Gasteiger partial charge in [0.25, 0.3) is 0 Å². The molecule has 0 saturated carbocycles. The smallest absolute Gasteiger partial charge is 0.243 e. The Balaban J connectivity index is 2.42. The third kappa shape index (κ3) is 1.16. The minimum absolute atomic E-state index is 0.0541. The lowest BCUT2D eigenvalue weighted by atomic mass is 10.5. The number of nitrogens with zero attached hydrogens (tertiary/aromatic N) is 6. The van der Waals surface area contributed by atoms with Crippen molar-refractivity contribution in [3.05, 3.63) is 24.0 Å². The normalized spacial score (nSPS) is 10.4. The minimum atomic E-state index is -0.800. The topological polar surface area (TPSA) is 78.5 Å². The molecule has 0 unspecified atom stereocenters. The Bertz CT molecular complexity index is 461. The Morgan fingerprint density at radius 1 is 1.50 bits per heavy atom. The highest BCUT2D eigenvalue weighted by Crippen LogP contribution is 2.00. The summed E-state index contributed by atoms with van der Waals surface area (Å²) in [6.45, 7) is 1.41. The highest BCUT2D eigenvalue weighted by Gasteiger charge is 2.17. The summed E-state index contributed by atoms with van der Waals surface area (Å²) in [5.74, 6) is -0.800. The number of aryl methyl sites for hydroxylation is 1. The largest absolute Gasteiger partial charge is 0.374 e. The summed E-state index contributed by atoms with van der Waals surface area (Å²) < 4.78 is 14.5. The Kier molecular flexibility index (Phi) is 1.80. The summed E-state index contributed by atoms with van der Waals surface area (Å²) >= 11 is 0. The van der Waals surface area contributed by atoms with Crippen molar-refractivity contribution in [3.8, 4) is 0 Å². The first-order chi connectivity index (χ1) is 6.70. The van der Waals surface area contributed by atoms with Crippen LogP contribution in [-0.2, 0) is 0 Å². The van der Waals surface area contributed by atoms with Crippen LogP contribution in [0.25, 0.3) is 0 Å². The average molecular weight is 196 g/mol. The Hall–Kier alpha value is -2.12. The molecular weight excluding hydrogens is 191 g/mol. The van der Waals surface area contributed by atoms with Crippen molar-refractivity contribution in [2.75, 3.05) is 0 Å². The molecule has 0 amide bonds. The molecule has 2 heterocycles. The van der Waals surface area contributed by atoms with Crippen molar-refractivity contribution in [2.45, 2.75) is 6.92 Å². The van der Waals surface area contributed by atoms with Gasteiger partial charge in [0.1, 0.15) is 5.69 Å². The fourth-order valence-electron chi connectivity index (χ4n) is 0.875. The number of hydrogen-bond acceptors (Lipinski definition) is 5. The predicted octanol–water partition coefficient (Wildman–Crippen LogP) is -0.166. The predicted molar refractivity (Wildman–Crippen MR) is 40.9 cm³/mol. The second-order valence-corrected chi connectivity index (χ2v) is 2.51. The van der Waals surface area contributed by atoms with E-state index < -0.39 is 12.0 Å². The lowest BCUT2D eigenvalue weighted by molar-refractivity contribution is 0.233. The monoisotopic (exact) mass is 196 g/mol. The van der Waals surface area contributed by atoms with Gasteiger partial charge < -0.3 is 0 Å². The molecule has 14 heavy (non-hydrogen) atoms. The molecule has 0 aromatic carbocycles. The SMILES string of the molecule is Cc1nnn(C(=O)n2ccnn2)c1F. The average Bonchev–Trinajstić information content (AvgIpc) is 2.77. The van der Waals surface area contributed by atoms with Crippen molar-refractivity contribution in [1.82, 2.24) is 30.0 Å². The molecule has 0 saturated heterocycles. The van der Waals surface area contributed by atoms with Gasteiger partial charge in [0.05, 0.1) is 12.4 Å². The Labute approximate surface area is 77.1 Å². The van der Waals surface area contributed by atoms with Crippen molar-refractivity contribution >= 4 is 6.03 Å². The maximum Gasteiger partial charge on any atom is 0.374 e. The molecular formula is C6H5FN6O. The molecule has 0 bridgehead atoms. The maximum atomic E-state index is 13.2. The van der Waals surface area contributed by atoms with Gasteiger partial charge in [0.2, 0.25) is 5.95 Å². The molecule has 2 aromatic rings. The van der Waals surface area contributed by atoms with Crippen molar-refractivity contribution in [3.63, 3.8) is 0 Å². The number of aromatic nitrogens is 6. The molecule has 7 nitrogen and oxygen atoms in total. The zero-order valence-electron chi connectivity index (χ0n) is 7.12. The molecule has 0 aliphatic heterocycles. The molecule has 0 radical (unpaired) electrons. The zero-order valence-corrected chi connectivity index (χ0v) is 7.12. The van der Waals surface area contributed by atoms with Crippen LogP contribution in [0.4, 0.5) is 9.18 Å². The second-order valence-electron chi connectivity index (χ2n) is 2.51. The fraction of sp³-hybridized carbons (Fsp3) is 0.167. The number of carbonyl (C=O) groups is 1. The molecule has 8 heteroatoms. The van der Waals surface area contributed by atoms with Crippen molar-refractivity contribution in [2.24, 2.45) is 0 Å². The summed E-state index contributed by atoms with van der Waals surface area (Å²) in [7, 11) is 0. The molecule has 0 fully saturated rings. The number of halogens is 1. The number of hydrogen-bond donors (Lipinski definition) is 0. The number of carbonyl (C=O) groups excluding carboxylic acids is 1. The van der Waals surface area contributed by atoms with Crippen LogP contribution in [0.15, 0.2) is 12.4 Å². The van der Waals surface area contributed by atoms with Gasteiger partial charge in [-0.05, 0) is 6.92 Å². The standard InChI is InChI=1S/C6H5FN6O/c1-4-5(7)13(11-9-4)6(14)12-3-2-8-10-12/h2-3H,1H3. The van der Waals surface area contributed by atoms with Gasteiger partial charge in [-0.15, -0.1) is 14.9 Å². The van der Waals surface area contributed by atoms with E-state index in [0.717, 1.165) is 4.68 Å². The molecule has 72 valence electrons. The van der Waals surface area contributed by atoms with Gasteiger partial charge in [-0.1, -0.05) is 10.4 Å². The lowest BCUT2D eigenvalue weighted by Crippen LogP contribution is -2.23. The van der Waals surface area contributed by atoms with E-state index in [0.29, 0.717) is 4.68 Å². The van der Waals surface area contributed by atoms with E-state index in [1.807, 2.05) is 0 Å². The summed E-state index contributed by atoms with van der Waals surface area (Å²) in [5.41, 5.74) is 0.0541. The third-order valence-electron chi connectivity index (χ3n) is 1.57. The molecule has 2 aromatic heterocycles. The van der Waals surface area contributed by atoms with Crippen LogP contribution >= 0.6 is 0 Å². The quantitative estimate of drug-likeness (QED) is 0.584. The van der Waals surface area contributed by atoms with E-state index in [1.165, 1.54) is 19.3 Å². The lowest BCUT2D eigenvalue weighted by Gasteiger charge is -1.96. The fourth-order valence-corrected chi connectivity index (χ4v) is 0.875. The third-order valence-corrected chi connectivity index (χ3v) is 1.57. The number of rotatable bonds is 0. The molecule has 0 spiro atoms.